The van der Waals surface area contributed by atoms with Gasteiger partial charge in [0.15, 0.2) is 0 Å². The predicted octanol–water partition coefficient (Wildman–Crippen LogP) is 5.96. The lowest BCUT2D eigenvalue weighted by Gasteiger charge is -2.20. The fourth-order valence-electron chi connectivity index (χ4n) is 3.20. The van der Waals surface area contributed by atoms with E-state index >= 15 is 0 Å². The number of benzene rings is 1. The lowest BCUT2D eigenvalue weighted by atomic mass is 9.89. The molecule has 0 aliphatic carbocycles. The number of hydrogen-bond donors (Lipinski definition) is 0. The van der Waals surface area contributed by atoms with Crippen LogP contribution in [0.25, 0.3) is 0 Å². The van der Waals surface area contributed by atoms with Crippen molar-refractivity contribution in [2.75, 3.05) is 17.7 Å². The summed E-state index contributed by atoms with van der Waals surface area (Å²) >= 11 is 5.82. The summed E-state index contributed by atoms with van der Waals surface area (Å²) < 4.78 is 11.4. The van der Waals surface area contributed by atoms with E-state index < -0.39 is 0 Å². The fraction of sp³-hybridized carbons (Fsp3) is 0.526. The van der Waals surface area contributed by atoms with Crippen molar-refractivity contribution < 1.29 is 14.3 Å². The minimum absolute atomic E-state index is 0.251. The van der Waals surface area contributed by atoms with E-state index in [9.17, 15) is 4.79 Å². The van der Waals surface area contributed by atoms with Gasteiger partial charge in [-0.15, -0.1) is 0 Å². The molecule has 3 nitrogen and oxygen atoms in total. The molecular weight excluding hydrogens is 515 g/mol. The Hall–Kier alpha value is -0.210. The third-order valence-electron chi connectivity index (χ3n) is 4.61. The highest BCUT2D eigenvalue weighted by Crippen LogP contribution is 2.39. The van der Waals surface area contributed by atoms with Crippen molar-refractivity contribution in [1.82, 2.24) is 0 Å². The molecule has 0 saturated heterocycles. The van der Waals surface area contributed by atoms with Crippen LogP contribution in [0.15, 0.2) is 11.6 Å². The van der Waals surface area contributed by atoms with Gasteiger partial charge in [-0.2, -0.15) is 0 Å². The number of fused-ring (bicyclic) bond motifs is 1. The van der Waals surface area contributed by atoms with Gasteiger partial charge >= 0.3 is 5.97 Å². The Morgan fingerprint density at radius 3 is 2.76 bits per heavy atom. The van der Waals surface area contributed by atoms with Gasteiger partial charge in [-0.3, -0.25) is 0 Å². The molecule has 0 atom stereocenters. The van der Waals surface area contributed by atoms with Gasteiger partial charge in [-0.05, 0) is 58.5 Å². The number of esters is 1. The molecule has 0 aromatic heterocycles. The molecule has 0 spiro atoms. The van der Waals surface area contributed by atoms with Crippen molar-refractivity contribution in [1.29, 1.82) is 0 Å². The average molecular weight is 539 g/mol. The monoisotopic (exact) mass is 538 g/mol. The van der Waals surface area contributed by atoms with Crippen LogP contribution in [0, 0.1) is 6.92 Å². The molecule has 2 rings (SSSR count). The van der Waals surface area contributed by atoms with Crippen LogP contribution in [0.2, 0.25) is 0 Å². The number of carbonyl (C=O) groups is 1. The maximum Gasteiger partial charge on any atom is 0.342 e. The summed E-state index contributed by atoms with van der Waals surface area (Å²) in [6, 6.07) is 0. The molecule has 1 aliphatic rings. The lowest BCUT2D eigenvalue weighted by Crippen LogP contribution is -2.11. The van der Waals surface area contributed by atoms with Crippen molar-refractivity contribution in [2.45, 2.75) is 46.6 Å². The zero-order chi connectivity index (χ0) is 18.4. The predicted molar refractivity (Wildman–Crippen MR) is 118 cm³/mol. The van der Waals surface area contributed by atoms with Crippen molar-refractivity contribution in [2.24, 2.45) is 0 Å². The van der Waals surface area contributed by atoms with E-state index in [2.05, 4.69) is 64.0 Å². The van der Waals surface area contributed by atoms with Gasteiger partial charge in [0, 0.05) is 22.2 Å². The van der Waals surface area contributed by atoms with E-state index in [1.807, 2.05) is 0 Å². The van der Waals surface area contributed by atoms with Crippen molar-refractivity contribution in [3.05, 3.63) is 39.5 Å². The number of hydrogen-bond acceptors (Lipinski definition) is 4. The Morgan fingerprint density at radius 2 is 2.16 bits per heavy atom. The quantitative estimate of drug-likeness (QED) is 0.128. The zero-order valence-electron chi connectivity index (χ0n) is 14.9. The fourth-order valence-corrected chi connectivity index (χ4v) is 4.51. The largest absolute Gasteiger partial charge is 0.491 e. The normalized spacial score (nSPS) is 13.8. The topological polar surface area (TPSA) is 35.5 Å². The minimum Gasteiger partial charge on any atom is -0.491 e. The molecule has 1 aromatic rings. The highest BCUT2D eigenvalue weighted by molar-refractivity contribution is 14.2. The van der Waals surface area contributed by atoms with Crippen LogP contribution in [0.5, 0.6) is 5.75 Å². The summed E-state index contributed by atoms with van der Waals surface area (Å²) in [6.07, 6.45) is 4.98. The Morgan fingerprint density at radius 1 is 1.40 bits per heavy atom. The smallest absolute Gasteiger partial charge is 0.342 e. The highest BCUT2D eigenvalue weighted by Gasteiger charge is 2.31. The number of rotatable bonds is 9. The summed E-state index contributed by atoms with van der Waals surface area (Å²) in [5, 5.41) is 0.874. The van der Waals surface area contributed by atoms with E-state index in [0.29, 0.717) is 18.8 Å². The molecule has 0 unspecified atom stereocenters. The third-order valence-corrected chi connectivity index (χ3v) is 6.97. The number of allylic oxidation sites excluding steroid dienone is 2. The lowest BCUT2D eigenvalue weighted by molar-refractivity contribution is 0.0532. The first-order valence-electron chi connectivity index (χ1n) is 8.53. The zero-order valence-corrected chi connectivity index (χ0v) is 19.5. The molecule has 1 heterocycles. The minimum atomic E-state index is -0.251. The van der Waals surface area contributed by atoms with Crippen LogP contribution in [0.3, 0.4) is 0 Å². The van der Waals surface area contributed by atoms with Crippen LogP contribution in [-0.4, -0.2) is 23.7 Å². The molecule has 0 N–H and O–H groups in total. The molecule has 0 bridgehead atoms. The summed E-state index contributed by atoms with van der Waals surface area (Å²) in [4.78, 5) is 12.3. The maximum atomic E-state index is 12.3. The Balaban J connectivity index is 2.56. The van der Waals surface area contributed by atoms with Gasteiger partial charge in [0.25, 0.3) is 0 Å². The first-order valence-corrected chi connectivity index (χ1v) is 13.2. The third kappa shape index (κ3) is 4.75. The van der Waals surface area contributed by atoms with Crippen molar-refractivity contribution >= 4 is 52.0 Å². The summed E-state index contributed by atoms with van der Waals surface area (Å²) in [5.74, 6) is 1.38. The summed E-state index contributed by atoms with van der Waals surface area (Å²) in [7, 11) is 1.71. The van der Waals surface area contributed by atoms with Gasteiger partial charge < -0.3 is 9.47 Å². The molecule has 1 aliphatic heterocycles. The Kier molecular flexibility index (Phi) is 8.61. The number of alkyl halides is 1. The molecule has 138 valence electrons. The van der Waals surface area contributed by atoms with Gasteiger partial charge in [-0.1, -0.05) is 50.4 Å². The van der Waals surface area contributed by atoms with E-state index in [1.165, 1.54) is 16.7 Å². The second-order valence-electron chi connectivity index (χ2n) is 5.91. The summed E-state index contributed by atoms with van der Waals surface area (Å²) in [6.45, 7) is 7.38. The van der Waals surface area contributed by atoms with Gasteiger partial charge in [0.2, 0.25) is 0 Å². The Bertz CT molecular complexity index is 667. The average Bonchev–Trinajstić information content (AvgIpc) is 3.00. The van der Waals surface area contributed by atoms with Crippen LogP contribution in [-0.2, 0) is 24.2 Å². The molecule has 6 heteroatoms. The SMILES string of the molecule is CC/C(=C\Cc1c(CC)c(C)c2c(c1OCCSI)C(=O)OC2)CBr. The second-order valence-corrected chi connectivity index (χ2v) is 8.97. The molecule has 0 saturated carbocycles. The number of halogens is 2. The van der Waals surface area contributed by atoms with E-state index in [1.54, 1.807) is 8.93 Å². The van der Waals surface area contributed by atoms with Crippen molar-refractivity contribution in [3.63, 3.8) is 0 Å². The van der Waals surface area contributed by atoms with E-state index in [4.69, 9.17) is 9.47 Å². The standard InChI is InChI=1S/C19H24BrIO3S/c1-4-13(10-20)6-7-15-14(5-2)12(3)16-11-24-19(22)17(16)18(15)23-8-9-25-21/h6H,4-5,7-11H2,1-3H3/b13-6+. The Labute approximate surface area is 175 Å². The van der Waals surface area contributed by atoms with Gasteiger partial charge in [-0.25, -0.2) is 4.79 Å². The van der Waals surface area contributed by atoms with Crippen LogP contribution in [0.4, 0.5) is 0 Å². The van der Waals surface area contributed by atoms with Crippen LogP contribution < -0.4 is 4.74 Å². The number of carbonyl (C=O) groups excluding carboxylic acids is 1. The second kappa shape index (κ2) is 10.2. The van der Waals surface area contributed by atoms with Gasteiger partial charge in [0.1, 0.15) is 17.9 Å². The van der Waals surface area contributed by atoms with E-state index in [-0.39, 0.29) is 5.97 Å². The molecule has 0 radical (unpaired) electrons. The first kappa shape index (κ1) is 21.1. The first-order chi connectivity index (χ1) is 12.1. The summed E-state index contributed by atoms with van der Waals surface area (Å²) in [5.41, 5.74) is 6.62. The van der Waals surface area contributed by atoms with Crippen LogP contribution >= 0.6 is 46.1 Å². The number of cyclic esters (lactones) is 1. The highest BCUT2D eigenvalue weighted by atomic mass is 127. The maximum absolute atomic E-state index is 12.3. The van der Waals surface area contributed by atoms with Gasteiger partial charge in [0.05, 0.1) is 6.61 Å². The molecular formula is C19H24BrIO3S. The molecule has 25 heavy (non-hydrogen) atoms. The number of ether oxygens (including phenoxy) is 2. The molecule has 1 aromatic carbocycles. The molecule has 0 amide bonds. The van der Waals surface area contributed by atoms with Crippen molar-refractivity contribution in [3.8, 4) is 5.75 Å². The van der Waals surface area contributed by atoms with Crippen LogP contribution in [0.1, 0.15) is 52.9 Å². The molecule has 0 fully saturated rings. The van der Waals surface area contributed by atoms with E-state index in [0.717, 1.165) is 47.2 Å².